The summed E-state index contributed by atoms with van der Waals surface area (Å²) in [6, 6.07) is 16.8. The topological polar surface area (TPSA) is 99.0 Å². The molecule has 0 atom stereocenters. The molecule has 178 valence electrons. The number of amides is 2. The predicted octanol–water partition coefficient (Wildman–Crippen LogP) is 5.56. The Morgan fingerprint density at radius 2 is 1.69 bits per heavy atom. The Bertz CT molecular complexity index is 1310. The van der Waals surface area contributed by atoms with Crippen LogP contribution in [0.3, 0.4) is 0 Å². The van der Waals surface area contributed by atoms with Gasteiger partial charge >= 0.3 is 0 Å². The van der Waals surface area contributed by atoms with Crippen molar-refractivity contribution in [2.75, 3.05) is 7.11 Å². The summed E-state index contributed by atoms with van der Waals surface area (Å²) in [6.45, 7) is 0.233. The van der Waals surface area contributed by atoms with Crippen molar-refractivity contribution in [1.29, 1.82) is 0 Å². The summed E-state index contributed by atoms with van der Waals surface area (Å²) in [4.78, 5) is 36.9. The minimum absolute atomic E-state index is 0.0134. The van der Waals surface area contributed by atoms with E-state index in [4.69, 9.17) is 9.47 Å². The third-order valence-electron chi connectivity index (χ3n) is 5.15. The van der Waals surface area contributed by atoms with Gasteiger partial charge in [-0.25, -0.2) is 4.39 Å². The molecule has 2 amide bonds. The minimum Gasteiger partial charge on any atom is -0.493 e. The first kappa shape index (κ1) is 24.0. The second-order valence-electron chi connectivity index (χ2n) is 7.52. The van der Waals surface area contributed by atoms with Gasteiger partial charge in [0.05, 0.1) is 23.5 Å². The fourth-order valence-corrected chi connectivity index (χ4v) is 4.17. The highest BCUT2D eigenvalue weighted by atomic mass is 32.2. The van der Waals surface area contributed by atoms with Crippen LogP contribution in [0.25, 0.3) is 6.08 Å². The van der Waals surface area contributed by atoms with Gasteiger partial charge in [0.1, 0.15) is 12.4 Å². The number of carbonyl (C=O) groups is 2. The van der Waals surface area contributed by atoms with Gasteiger partial charge in [-0.1, -0.05) is 30.3 Å². The molecule has 0 radical (unpaired) electrons. The number of nitro benzene ring substituents is 1. The molecule has 1 heterocycles. The maximum absolute atomic E-state index is 13.1. The second-order valence-corrected chi connectivity index (χ2v) is 8.51. The molecule has 0 aromatic heterocycles. The summed E-state index contributed by atoms with van der Waals surface area (Å²) >= 11 is 0.818. The van der Waals surface area contributed by atoms with Crippen molar-refractivity contribution in [3.05, 3.63) is 104 Å². The summed E-state index contributed by atoms with van der Waals surface area (Å²) in [6.07, 6.45) is 1.59. The van der Waals surface area contributed by atoms with Crippen LogP contribution in [0, 0.1) is 15.9 Å². The van der Waals surface area contributed by atoms with Crippen LogP contribution in [-0.2, 0) is 17.9 Å². The molecule has 0 unspecified atom stereocenters. The van der Waals surface area contributed by atoms with Crippen LogP contribution in [0.5, 0.6) is 11.5 Å². The lowest BCUT2D eigenvalue weighted by Crippen LogP contribution is -2.27. The highest BCUT2D eigenvalue weighted by Gasteiger charge is 2.35. The van der Waals surface area contributed by atoms with Crippen LogP contribution in [-0.4, -0.2) is 28.1 Å². The Kier molecular flexibility index (Phi) is 7.11. The summed E-state index contributed by atoms with van der Waals surface area (Å²) in [5.41, 5.74) is 1.96. The molecule has 0 saturated carbocycles. The van der Waals surface area contributed by atoms with E-state index in [1.807, 2.05) is 0 Å². The predicted molar refractivity (Wildman–Crippen MR) is 128 cm³/mol. The SMILES string of the molecule is COc1cc(C=C2SC(=O)N(Cc3ccc([N+](=O)[O-])cc3)C2=O)ccc1OCc1ccc(F)cc1. The lowest BCUT2D eigenvalue weighted by molar-refractivity contribution is -0.384. The number of hydrogen-bond donors (Lipinski definition) is 0. The number of hydrogen-bond acceptors (Lipinski definition) is 7. The third-order valence-corrected chi connectivity index (χ3v) is 6.06. The van der Waals surface area contributed by atoms with Crippen LogP contribution in [0.1, 0.15) is 16.7 Å². The highest BCUT2D eigenvalue weighted by Crippen LogP contribution is 2.35. The smallest absolute Gasteiger partial charge is 0.293 e. The Labute approximate surface area is 204 Å². The lowest BCUT2D eigenvalue weighted by atomic mass is 10.1. The number of nitrogens with zero attached hydrogens (tertiary/aromatic N) is 2. The summed E-state index contributed by atoms with van der Waals surface area (Å²) in [5, 5.41) is 10.4. The molecule has 1 saturated heterocycles. The molecule has 0 bridgehead atoms. The fraction of sp³-hybridized carbons (Fsp3) is 0.120. The monoisotopic (exact) mass is 494 g/mol. The number of nitro groups is 1. The van der Waals surface area contributed by atoms with Crippen LogP contribution >= 0.6 is 11.8 Å². The average molecular weight is 495 g/mol. The van der Waals surface area contributed by atoms with Gasteiger partial charge in [0.2, 0.25) is 0 Å². The lowest BCUT2D eigenvalue weighted by Gasteiger charge is -2.12. The van der Waals surface area contributed by atoms with E-state index in [2.05, 4.69) is 0 Å². The Morgan fingerprint density at radius 1 is 1.00 bits per heavy atom. The van der Waals surface area contributed by atoms with Crippen LogP contribution < -0.4 is 9.47 Å². The van der Waals surface area contributed by atoms with E-state index in [-0.39, 0.29) is 29.6 Å². The van der Waals surface area contributed by atoms with E-state index in [1.165, 1.54) is 43.5 Å². The molecule has 35 heavy (non-hydrogen) atoms. The van der Waals surface area contributed by atoms with E-state index in [0.29, 0.717) is 22.6 Å². The molecule has 1 fully saturated rings. The van der Waals surface area contributed by atoms with Gasteiger partial charge in [-0.3, -0.25) is 24.6 Å². The van der Waals surface area contributed by atoms with Gasteiger partial charge in [-0.2, -0.15) is 0 Å². The molecule has 0 aliphatic carbocycles. The van der Waals surface area contributed by atoms with E-state index in [0.717, 1.165) is 22.2 Å². The van der Waals surface area contributed by atoms with Crippen molar-refractivity contribution in [3.63, 3.8) is 0 Å². The van der Waals surface area contributed by atoms with E-state index in [1.54, 1.807) is 36.4 Å². The standard InChI is InChI=1S/C25H19FN2O6S/c1-33-22-12-18(6-11-21(22)34-15-17-2-7-19(26)8-3-17)13-23-24(29)27(25(30)35-23)14-16-4-9-20(10-5-16)28(31)32/h2-13H,14-15H2,1H3. The van der Waals surface area contributed by atoms with E-state index < -0.39 is 16.1 Å². The summed E-state index contributed by atoms with van der Waals surface area (Å²) in [7, 11) is 1.49. The molecule has 1 aliphatic rings. The Balaban J connectivity index is 1.46. The van der Waals surface area contributed by atoms with Crippen LogP contribution in [0.4, 0.5) is 14.9 Å². The van der Waals surface area contributed by atoms with Gasteiger partial charge in [-0.15, -0.1) is 0 Å². The number of thioether (sulfide) groups is 1. The number of methoxy groups -OCH3 is 1. The zero-order valence-electron chi connectivity index (χ0n) is 18.5. The van der Waals surface area contributed by atoms with Gasteiger partial charge < -0.3 is 9.47 Å². The largest absolute Gasteiger partial charge is 0.493 e. The van der Waals surface area contributed by atoms with Crippen molar-refractivity contribution in [3.8, 4) is 11.5 Å². The van der Waals surface area contributed by atoms with Crippen LogP contribution in [0.2, 0.25) is 0 Å². The Hall–Kier alpha value is -4.18. The molecular weight excluding hydrogens is 475 g/mol. The molecule has 0 N–H and O–H groups in total. The number of imide groups is 1. The Morgan fingerprint density at radius 3 is 2.34 bits per heavy atom. The van der Waals surface area contributed by atoms with Gasteiger partial charge in [0, 0.05) is 12.1 Å². The number of non-ortho nitro benzene ring substituents is 1. The van der Waals surface area contributed by atoms with E-state index >= 15 is 0 Å². The first-order valence-electron chi connectivity index (χ1n) is 10.4. The molecule has 10 heteroatoms. The van der Waals surface area contributed by atoms with E-state index in [9.17, 15) is 24.1 Å². The number of rotatable bonds is 8. The maximum atomic E-state index is 13.1. The number of halogens is 1. The van der Waals surface area contributed by atoms with Crippen molar-refractivity contribution >= 4 is 34.7 Å². The third kappa shape index (κ3) is 5.67. The first-order chi connectivity index (χ1) is 16.8. The molecule has 1 aliphatic heterocycles. The van der Waals surface area contributed by atoms with Crippen LogP contribution in [0.15, 0.2) is 71.6 Å². The molecule has 3 aromatic carbocycles. The number of ether oxygens (including phenoxy) is 2. The molecule has 3 aromatic rings. The number of benzene rings is 3. The van der Waals surface area contributed by atoms with Crippen molar-refractivity contribution in [1.82, 2.24) is 4.90 Å². The fourth-order valence-electron chi connectivity index (χ4n) is 3.33. The van der Waals surface area contributed by atoms with Crippen molar-refractivity contribution in [2.24, 2.45) is 0 Å². The zero-order valence-corrected chi connectivity index (χ0v) is 19.3. The average Bonchev–Trinajstić information content (AvgIpc) is 3.11. The highest BCUT2D eigenvalue weighted by molar-refractivity contribution is 8.18. The van der Waals surface area contributed by atoms with Gasteiger partial charge in [0.25, 0.3) is 16.8 Å². The number of carbonyl (C=O) groups excluding carboxylic acids is 2. The van der Waals surface area contributed by atoms with Crippen molar-refractivity contribution in [2.45, 2.75) is 13.2 Å². The normalized spacial score (nSPS) is 14.5. The molecule has 0 spiro atoms. The summed E-state index contributed by atoms with van der Waals surface area (Å²) < 4.78 is 24.2. The summed E-state index contributed by atoms with van der Waals surface area (Å²) in [5.74, 6) is 0.132. The molecule has 8 nitrogen and oxygen atoms in total. The molecule has 4 rings (SSSR count). The minimum atomic E-state index is -0.514. The maximum Gasteiger partial charge on any atom is 0.293 e. The van der Waals surface area contributed by atoms with Gasteiger partial charge in [-0.05, 0) is 58.8 Å². The molecular formula is C25H19FN2O6S. The van der Waals surface area contributed by atoms with Crippen molar-refractivity contribution < 1.29 is 28.4 Å². The second kappa shape index (κ2) is 10.4. The zero-order chi connectivity index (χ0) is 24.9. The quantitative estimate of drug-likeness (QED) is 0.230. The first-order valence-corrected chi connectivity index (χ1v) is 11.2. The van der Waals surface area contributed by atoms with Gasteiger partial charge in [0.15, 0.2) is 11.5 Å².